The number of ether oxygens (including phenoxy) is 1. The second-order valence-corrected chi connectivity index (χ2v) is 21.6. The van der Waals surface area contributed by atoms with Crippen molar-refractivity contribution in [2.75, 3.05) is 0 Å². The van der Waals surface area contributed by atoms with Crippen LogP contribution in [0.3, 0.4) is 0 Å². The topological polar surface area (TPSA) is 26.3 Å². The summed E-state index contributed by atoms with van der Waals surface area (Å²) in [5.41, 5.74) is 0. The Hall–Kier alpha value is -1.31. The van der Waals surface area contributed by atoms with Gasteiger partial charge in [0.2, 0.25) is 0 Å². The normalized spacial score (nSPS) is 11.5. The van der Waals surface area contributed by atoms with Crippen LogP contribution in [0.15, 0.2) is 30.3 Å². The third-order valence-corrected chi connectivity index (χ3v) is 15.0. The molecule has 0 atom stereocenters. The van der Waals surface area contributed by atoms with Gasteiger partial charge in [-0.3, -0.25) is 4.79 Å². The number of carbonyl (C=O) groups excluding carboxylic acids is 1. The number of unbranched alkanes of at least 4 members (excludes halogenated alkanes) is 54. The summed E-state index contributed by atoms with van der Waals surface area (Å²) in [4.78, 5) is 11.9. The lowest BCUT2D eigenvalue weighted by Gasteiger charge is -2.05. The Morgan fingerprint density at radius 1 is 0.258 bits per heavy atom. The molecule has 0 radical (unpaired) electrons. The van der Waals surface area contributed by atoms with Gasteiger partial charge in [0.05, 0.1) is 0 Å². The lowest BCUT2D eigenvalue weighted by Crippen LogP contribution is -2.07. The largest absolute Gasteiger partial charge is 0.427 e. The first-order valence-corrected chi connectivity index (χ1v) is 31.1. The highest BCUT2D eigenvalue weighted by Gasteiger charge is 2.05. The molecular formula is C64H120O2. The fourth-order valence-electron chi connectivity index (χ4n) is 10.4. The van der Waals surface area contributed by atoms with Gasteiger partial charge in [-0.05, 0) is 18.6 Å². The summed E-state index contributed by atoms with van der Waals surface area (Å²) in [6.45, 7) is 2.31. The van der Waals surface area contributed by atoms with Crippen molar-refractivity contribution < 1.29 is 9.53 Å². The van der Waals surface area contributed by atoms with E-state index in [1.54, 1.807) is 0 Å². The number of carbonyl (C=O) groups is 1. The van der Waals surface area contributed by atoms with Crippen LogP contribution in [0.4, 0.5) is 0 Å². The van der Waals surface area contributed by atoms with E-state index in [1.807, 2.05) is 30.3 Å². The molecule has 0 amide bonds. The van der Waals surface area contributed by atoms with Crippen LogP contribution < -0.4 is 4.74 Å². The molecule has 66 heavy (non-hydrogen) atoms. The van der Waals surface area contributed by atoms with Crippen LogP contribution in [-0.2, 0) is 4.79 Å². The second kappa shape index (κ2) is 56.3. The van der Waals surface area contributed by atoms with Crippen molar-refractivity contribution in [1.29, 1.82) is 0 Å². The fraction of sp³-hybridized carbons (Fsp3) is 0.891. The van der Waals surface area contributed by atoms with Gasteiger partial charge in [0.1, 0.15) is 5.75 Å². The number of benzene rings is 1. The number of para-hydroxylation sites is 1. The molecule has 388 valence electrons. The lowest BCUT2D eigenvalue weighted by atomic mass is 10.0. The molecule has 0 bridgehead atoms. The van der Waals surface area contributed by atoms with E-state index < -0.39 is 0 Å². The third-order valence-electron chi connectivity index (χ3n) is 15.0. The maximum absolute atomic E-state index is 11.9. The molecule has 0 saturated heterocycles. The SMILES string of the molecule is CCCCCCCCCCCCCCCCCCCCCCCCCCCCCCCCCCCCCCCCCCCCCCCCCCCCCCCCCC(=O)Oc1ccccc1. The quantitative estimate of drug-likeness (QED) is 0.0370. The van der Waals surface area contributed by atoms with Crippen molar-refractivity contribution in [1.82, 2.24) is 0 Å². The molecule has 0 aliphatic rings. The first kappa shape index (κ1) is 62.7. The van der Waals surface area contributed by atoms with E-state index in [1.165, 1.54) is 340 Å². The summed E-state index contributed by atoms with van der Waals surface area (Å²) in [7, 11) is 0. The fourth-order valence-corrected chi connectivity index (χ4v) is 10.4. The van der Waals surface area contributed by atoms with Crippen LogP contribution in [0.5, 0.6) is 5.75 Å². The van der Waals surface area contributed by atoms with E-state index in [0.717, 1.165) is 12.8 Å². The molecule has 1 rings (SSSR count). The van der Waals surface area contributed by atoms with E-state index in [4.69, 9.17) is 4.74 Å². The Kier molecular flexibility index (Phi) is 53.5. The van der Waals surface area contributed by atoms with E-state index in [9.17, 15) is 4.79 Å². The van der Waals surface area contributed by atoms with Crippen LogP contribution in [-0.4, -0.2) is 5.97 Å². The maximum Gasteiger partial charge on any atom is 0.311 e. The monoisotopic (exact) mass is 921 g/mol. The molecular weight excluding hydrogens is 801 g/mol. The second-order valence-electron chi connectivity index (χ2n) is 21.6. The molecule has 0 aromatic heterocycles. The Labute approximate surface area is 416 Å². The zero-order chi connectivity index (χ0) is 47.0. The minimum atomic E-state index is -0.0981. The molecule has 0 aliphatic carbocycles. The van der Waals surface area contributed by atoms with Gasteiger partial charge < -0.3 is 4.74 Å². The molecule has 0 unspecified atom stereocenters. The van der Waals surface area contributed by atoms with Gasteiger partial charge in [0.15, 0.2) is 0 Å². The summed E-state index contributed by atoms with van der Waals surface area (Å²) in [5.74, 6) is 0.560. The van der Waals surface area contributed by atoms with Gasteiger partial charge in [-0.15, -0.1) is 0 Å². The zero-order valence-electron chi connectivity index (χ0n) is 45.3. The first-order chi connectivity index (χ1) is 32.8. The Morgan fingerprint density at radius 3 is 0.606 bits per heavy atom. The Balaban J connectivity index is 1.60. The minimum absolute atomic E-state index is 0.0981. The molecule has 1 aromatic rings. The van der Waals surface area contributed by atoms with Crippen molar-refractivity contribution >= 4 is 5.97 Å². The van der Waals surface area contributed by atoms with E-state index in [-0.39, 0.29) is 5.97 Å². The van der Waals surface area contributed by atoms with Gasteiger partial charge in [-0.2, -0.15) is 0 Å². The van der Waals surface area contributed by atoms with Crippen LogP contribution in [0.1, 0.15) is 366 Å². The molecule has 0 N–H and O–H groups in total. The van der Waals surface area contributed by atoms with Gasteiger partial charge in [0.25, 0.3) is 0 Å². The third kappa shape index (κ3) is 52.1. The van der Waals surface area contributed by atoms with Gasteiger partial charge in [-0.1, -0.05) is 372 Å². The van der Waals surface area contributed by atoms with Crippen molar-refractivity contribution in [3.8, 4) is 5.75 Å². The van der Waals surface area contributed by atoms with Gasteiger partial charge in [-0.25, -0.2) is 0 Å². The minimum Gasteiger partial charge on any atom is -0.427 e. The molecule has 1 aromatic carbocycles. The number of hydrogen-bond acceptors (Lipinski definition) is 2. The summed E-state index contributed by atoms with van der Waals surface area (Å²) >= 11 is 0. The van der Waals surface area contributed by atoms with Crippen LogP contribution in [0.2, 0.25) is 0 Å². The molecule has 0 aliphatic heterocycles. The molecule has 2 nitrogen and oxygen atoms in total. The molecule has 0 saturated carbocycles. The predicted molar refractivity (Wildman–Crippen MR) is 296 cm³/mol. The van der Waals surface area contributed by atoms with Gasteiger partial charge in [0, 0.05) is 6.42 Å². The highest BCUT2D eigenvalue weighted by Crippen LogP contribution is 2.20. The van der Waals surface area contributed by atoms with Crippen LogP contribution in [0, 0.1) is 0 Å². The Morgan fingerprint density at radius 2 is 0.424 bits per heavy atom. The van der Waals surface area contributed by atoms with Crippen molar-refractivity contribution in [2.45, 2.75) is 366 Å². The average Bonchev–Trinajstić information content (AvgIpc) is 3.33. The summed E-state index contributed by atoms with van der Waals surface area (Å²) in [6, 6.07) is 9.42. The average molecular weight is 922 g/mol. The standard InChI is InChI=1S/C64H120O2/c1-2-3-4-5-6-7-8-9-10-11-12-13-14-15-16-17-18-19-20-21-22-23-24-25-26-27-28-29-30-31-32-33-34-35-36-37-38-39-40-41-42-43-44-45-46-47-48-49-50-51-52-53-54-55-59-62-64(65)66-63-60-57-56-58-61-63/h56-58,60-61H,2-55,59,62H2,1H3. The summed E-state index contributed by atoms with van der Waals surface area (Å²) in [5, 5.41) is 0. The van der Waals surface area contributed by atoms with Crippen molar-refractivity contribution in [2.24, 2.45) is 0 Å². The molecule has 0 heterocycles. The van der Waals surface area contributed by atoms with E-state index in [0.29, 0.717) is 12.2 Å². The van der Waals surface area contributed by atoms with Crippen molar-refractivity contribution in [3.05, 3.63) is 30.3 Å². The molecule has 0 fully saturated rings. The highest BCUT2D eigenvalue weighted by molar-refractivity contribution is 5.72. The Bertz CT molecular complexity index is 1020. The smallest absolute Gasteiger partial charge is 0.311 e. The summed E-state index contributed by atoms with van der Waals surface area (Å²) < 4.78 is 5.36. The predicted octanol–water partition coefficient (Wildman–Crippen LogP) is 23.5. The van der Waals surface area contributed by atoms with E-state index in [2.05, 4.69) is 6.92 Å². The zero-order valence-corrected chi connectivity index (χ0v) is 45.3. The van der Waals surface area contributed by atoms with Crippen molar-refractivity contribution in [3.63, 3.8) is 0 Å². The molecule has 2 heteroatoms. The molecule has 0 spiro atoms. The van der Waals surface area contributed by atoms with Crippen LogP contribution >= 0.6 is 0 Å². The van der Waals surface area contributed by atoms with E-state index >= 15 is 0 Å². The number of esters is 1. The van der Waals surface area contributed by atoms with Gasteiger partial charge >= 0.3 is 5.97 Å². The maximum atomic E-state index is 11.9. The highest BCUT2D eigenvalue weighted by atomic mass is 16.5. The summed E-state index contributed by atoms with van der Waals surface area (Å²) in [6.07, 6.45) is 80.3. The number of hydrogen-bond donors (Lipinski definition) is 0. The van der Waals surface area contributed by atoms with Crippen LogP contribution in [0.25, 0.3) is 0 Å². The number of rotatable bonds is 57. The first-order valence-electron chi connectivity index (χ1n) is 31.1. The lowest BCUT2D eigenvalue weighted by molar-refractivity contribution is -0.134.